The number of imide groups is 1. The Hall–Kier alpha value is -1.69. The molecule has 1 heterocycles. The first-order chi connectivity index (χ1) is 8.54. The van der Waals surface area contributed by atoms with E-state index in [1.165, 1.54) is 7.11 Å². The van der Waals surface area contributed by atoms with E-state index in [2.05, 4.69) is 0 Å². The molecule has 1 aliphatic rings. The SMILES string of the molecule is COc1ccc(N2C(=O)C[S@](=O)[C@@H](C)C2=O)cc1. The van der Waals surface area contributed by atoms with E-state index in [1.807, 2.05) is 0 Å². The number of ether oxygens (including phenoxy) is 1. The highest BCUT2D eigenvalue weighted by molar-refractivity contribution is 7.87. The lowest BCUT2D eigenvalue weighted by Crippen LogP contribution is -2.51. The lowest BCUT2D eigenvalue weighted by Gasteiger charge is -2.28. The van der Waals surface area contributed by atoms with E-state index in [4.69, 9.17) is 4.74 Å². The van der Waals surface area contributed by atoms with Crippen molar-refractivity contribution in [3.63, 3.8) is 0 Å². The summed E-state index contributed by atoms with van der Waals surface area (Å²) in [5, 5.41) is -0.648. The first kappa shape index (κ1) is 12.8. The molecule has 18 heavy (non-hydrogen) atoms. The highest BCUT2D eigenvalue weighted by Crippen LogP contribution is 2.23. The van der Waals surface area contributed by atoms with Crippen molar-refractivity contribution in [1.29, 1.82) is 0 Å². The first-order valence-corrected chi connectivity index (χ1v) is 6.81. The number of nitrogens with zero attached hydrogens (tertiary/aromatic N) is 1. The molecule has 1 aliphatic heterocycles. The van der Waals surface area contributed by atoms with Gasteiger partial charge in [0.15, 0.2) is 0 Å². The molecule has 0 aromatic heterocycles. The van der Waals surface area contributed by atoms with E-state index >= 15 is 0 Å². The zero-order valence-corrected chi connectivity index (χ0v) is 10.9. The van der Waals surface area contributed by atoms with Gasteiger partial charge in [0.2, 0.25) is 11.8 Å². The Morgan fingerprint density at radius 1 is 1.28 bits per heavy atom. The Bertz CT molecular complexity index is 511. The summed E-state index contributed by atoms with van der Waals surface area (Å²) in [6.45, 7) is 1.57. The highest BCUT2D eigenvalue weighted by Gasteiger charge is 2.37. The third-order valence-electron chi connectivity index (χ3n) is 2.81. The maximum Gasteiger partial charge on any atom is 0.249 e. The minimum absolute atomic E-state index is 0.112. The van der Waals surface area contributed by atoms with E-state index in [9.17, 15) is 13.8 Å². The van der Waals surface area contributed by atoms with Crippen LogP contribution >= 0.6 is 0 Å². The maximum atomic E-state index is 12.0. The van der Waals surface area contributed by atoms with Crippen LogP contribution < -0.4 is 9.64 Å². The maximum absolute atomic E-state index is 12.0. The third kappa shape index (κ3) is 2.15. The monoisotopic (exact) mass is 267 g/mol. The van der Waals surface area contributed by atoms with E-state index in [0.717, 1.165) is 4.90 Å². The van der Waals surface area contributed by atoms with Gasteiger partial charge < -0.3 is 4.74 Å². The van der Waals surface area contributed by atoms with Gasteiger partial charge in [-0.3, -0.25) is 13.8 Å². The summed E-state index contributed by atoms with van der Waals surface area (Å²) in [5.74, 6) is -0.317. The number of benzene rings is 1. The van der Waals surface area contributed by atoms with Crippen molar-refractivity contribution in [2.45, 2.75) is 12.2 Å². The number of hydrogen-bond acceptors (Lipinski definition) is 4. The summed E-state index contributed by atoms with van der Waals surface area (Å²) < 4.78 is 16.5. The van der Waals surface area contributed by atoms with Gasteiger partial charge in [-0.2, -0.15) is 0 Å². The topological polar surface area (TPSA) is 63.7 Å². The van der Waals surface area contributed by atoms with Gasteiger partial charge in [-0.25, -0.2) is 4.90 Å². The molecular formula is C12H13NO4S. The molecule has 0 radical (unpaired) electrons. The van der Waals surface area contributed by atoms with Crippen LogP contribution in [0.15, 0.2) is 24.3 Å². The molecule has 96 valence electrons. The molecule has 2 amide bonds. The van der Waals surface area contributed by atoms with Gasteiger partial charge >= 0.3 is 0 Å². The van der Waals surface area contributed by atoms with Crippen molar-refractivity contribution < 1.29 is 18.5 Å². The summed E-state index contributed by atoms with van der Waals surface area (Å²) in [6.07, 6.45) is 0. The lowest BCUT2D eigenvalue weighted by molar-refractivity contribution is -0.125. The smallest absolute Gasteiger partial charge is 0.249 e. The minimum atomic E-state index is -1.41. The van der Waals surface area contributed by atoms with E-state index in [1.54, 1.807) is 31.2 Å². The van der Waals surface area contributed by atoms with Crippen LogP contribution in [0.4, 0.5) is 5.69 Å². The van der Waals surface area contributed by atoms with Gasteiger partial charge in [-0.15, -0.1) is 0 Å². The van der Waals surface area contributed by atoms with Crippen LogP contribution in [0.25, 0.3) is 0 Å². The molecule has 0 aliphatic carbocycles. The molecule has 1 fully saturated rings. The van der Waals surface area contributed by atoms with Gasteiger partial charge in [0.05, 0.1) is 12.8 Å². The zero-order valence-electron chi connectivity index (χ0n) is 10.1. The van der Waals surface area contributed by atoms with E-state index < -0.39 is 27.9 Å². The third-order valence-corrected chi connectivity index (χ3v) is 4.33. The van der Waals surface area contributed by atoms with Crippen molar-refractivity contribution >= 4 is 28.3 Å². The normalized spacial score (nSPS) is 24.2. The molecule has 1 saturated heterocycles. The summed E-state index contributed by atoms with van der Waals surface area (Å²) in [7, 11) is 0.128. The van der Waals surface area contributed by atoms with Crippen LogP contribution in [-0.2, 0) is 20.4 Å². The van der Waals surface area contributed by atoms with Gasteiger partial charge in [0.25, 0.3) is 0 Å². The second kappa shape index (κ2) is 4.89. The molecule has 0 bridgehead atoms. The van der Waals surface area contributed by atoms with E-state index in [-0.39, 0.29) is 5.75 Å². The van der Waals surface area contributed by atoms with Gasteiger partial charge in [-0.1, -0.05) is 0 Å². The predicted molar refractivity (Wildman–Crippen MR) is 68.0 cm³/mol. The summed E-state index contributed by atoms with van der Waals surface area (Å²) >= 11 is 0. The summed E-state index contributed by atoms with van der Waals surface area (Å²) in [4.78, 5) is 24.9. The quantitative estimate of drug-likeness (QED) is 0.740. The summed E-state index contributed by atoms with van der Waals surface area (Å²) in [6, 6.07) is 6.61. The number of rotatable bonds is 2. The Labute approximate surface area is 107 Å². The number of hydrogen-bond donors (Lipinski definition) is 0. The van der Waals surface area contributed by atoms with Crippen LogP contribution in [0, 0.1) is 0 Å². The van der Waals surface area contributed by atoms with Crippen LogP contribution in [0.1, 0.15) is 6.92 Å². The predicted octanol–water partition coefficient (Wildman–Crippen LogP) is 0.706. The number of methoxy groups -OCH3 is 1. The molecule has 0 spiro atoms. The van der Waals surface area contributed by atoms with Crippen LogP contribution in [0.2, 0.25) is 0 Å². The van der Waals surface area contributed by atoms with Gasteiger partial charge in [0, 0.05) is 10.8 Å². The summed E-state index contributed by atoms with van der Waals surface area (Å²) in [5.41, 5.74) is 0.481. The minimum Gasteiger partial charge on any atom is -0.497 e. The Morgan fingerprint density at radius 3 is 2.44 bits per heavy atom. The largest absolute Gasteiger partial charge is 0.497 e. The number of carbonyl (C=O) groups is 2. The molecule has 2 atom stereocenters. The molecule has 1 aromatic rings. The van der Waals surface area contributed by atoms with Crippen molar-refractivity contribution in [2.24, 2.45) is 0 Å². The number of amides is 2. The molecular weight excluding hydrogens is 254 g/mol. The standard InChI is InChI=1S/C12H13NO4S/c1-8-12(15)13(11(14)7-18(8)16)9-3-5-10(17-2)6-4-9/h3-6,8H,7H2,1-2H3/t8-,18-/m0/s1. The molecule has 0 saturated carbocycles. The van der Waals surface area contributed by atoms with Crippen LogP contribution in [0.5, 0.6) is 5.75 Å². The fraction of sp³-hybridized carbons (Fsp3) is 0.333. The van der Waals surface area contributed by atoms with Gasteiger partial charge in [0.1, 0.15) is 16.8 Å². The molecule has 1 aromatic carbocycles. The fourth-order valence-corrected chi connectivity index (χ4v) is 2.68. The van der Waals surface area contributed by atoms with Gasteiger partial charge in [-0.05, 0) is 31.2 Å². The molecule has 6 heteroatoms. The van der Waals surface area contributed by atoms with E-state index in [0.29, 0.717) is 11.4 Å². The Balaban J connectivity index is 2.33. The molecule has 0 unspecified atom stereocenters. The van der Waals surface area contributed by atoms with Crippen LogP contribution in [0.3, 0.4) is 0 Å². The molecule has 5 nitrogen and oxygen atoms in total. The zero-order chi connectivity index (χ0) is 13.3. The number of carbonyl (C=O) groups excluding carboxylic acids is 2. The Kier molecular flexibility index (Phi) is 3.47. The van der Waals surface area contributed by atoms with Crippen LogP contribution in [-0.4, -0.2) is 34.1 Å². The second-order valence-corrected chi connectivity index (χ2v) is 5.69. The van der Waals surface area contributed by atoms with Crippen molar-refractivity contribution in [2.75, 3.05) is 17.8 Å². The highest BCUT2D eigenvalue weighted by atomic mass is 32.2. The molecule has 0 N–H and O–H groups in total. The number of anilines is 1. The average Bonchev–Trinajstić information content (AvgIpc) is 2.37. The van der Waals surface area contributed by atoms with Crippen molar-refractivity contribution in [3.8, 4) is 5.75 Å². The average molecular weight is 267 g/mol. The molecule has 2 rings (SSSR count). The van der Waals surface area contributed by atoms with Crippen molar-refractivity contribution in [1.82, 2.24) is 0 Å². The Morgan fingerprint density at radius 2 is 1.89 bits per heavy atom. The van der Waals surface area contributed by atoms with Crippen molar-refractivity contribution in [3.05, 3.63) is 24.3 Å². The second-order valence-electron chi connectivity index (χ2n) is 3.93. The lowest BCUT2D eigenvalue weighted by atomic mass is 10.2. The first-order valence-electron chi connectivity index (χ1n) is 5.42. The fourth-order valence-electron chi connectivity index (χ4n) is 1.73.